The summed E-state index contributed by atoms with van der Waals surface area (Å²) in [4.78, 5) is 0. The molecule has 0 aliphatic carbocycles. The van der Waals surface area contributed by atoms with E-state index in [9.17, 15) is 4.39 Å². The third-order valence-corrected chi connectivity index (χ3v) is 3.74. The first-order valence-corrected chi connectivity index (χ1v) is 7.22. The van der Waals surface area contributed by atoms with Gasteiger partial charge in [-0.05, 0) is 37.1 Å². The van der Waals surface area contributed by atoms with Gasteiger partial charge in [-0.25, -0.2) is 4.39 Å². The minimum Gasteiger partial charge on any atom is -0.310 e. The fourth-order valence-corrected chi connectivity index (χ4v) is 2.39. The molecule has 4 heteroatoms. The summed E-state index contributed by atoms with van der Waals surface area (Å²) >= 11 is 11.9. The molecule has 2 rings (SSSR count). The summed E-state index contributed by atoms with van der Waals surface area (Å²) in [6, 6.07) is 12.7. The zero-order valence-corrected chi connectivity index (χ0v) is 12.7. The van der Waals surface area contributed by atoms with Gasteiger partial charge in [0.25, 0.3) is 0 Å². The van der Waals surface area contributed by atoms with Gasteiger partial charge in [0, 0.05) is 28.2 Å². The van der Waals surface area contributed by atoms with Crippen LogP contribution in [0.3, 0.4) is 0 Å². The predicted octanol–water partition coefficient (Wildman–Crippen LogP) is 4.85. The Morgan fingerprint density at radius 1 is 1.10 bits per heavy atom. The molecule has 0 heterocycles. The van der Waals surface area contributed by atoms with Gasteiger partial charge in [-0.3, -0.25) is 0 Å². The van der Waals surface area contributed by atoms with E-state index in [1.807, 2.05) is 24.3 Å². The van der Waals surface area contributed by atoms with Crippen molar-refractivity contribution in [1.82, 2.24) is 5.32 Å². The Labute approximate surface area is 128 Å². The van der Waals surface area contributed by atoms with Crippen LogP contribution in [0.2, 0.25) is 10.0 Å². The van der Waals surface area contributed by atoms with Gasteiger partial charge in [-0.1, -0.05) is 47.5 Å². The van der Waals surface area contributed by atoms with Gasteiger partial charge in [0.15, 0.2) is 0 Å². The van der Waals surface area contributed by atoms with Crippen LogP contribution in [-0.4, -0.2) is 6.04 Å². The van der Waals surface area contributed by atoms with Crippen LogP contribution in [0.5, 0.6) is 0 Å². The number of halogens is 3. The molecule has 0 amide bonds. The highest BCUT2D eigenvalue weighted by molar-refractivity contribution is 6.31. The van der Waals surface area contributed by atoms with Crippen molar-refractivity contribution in [3.8, 4) is 0 Å². The average Bonchev–Trinajstić information content (AvgIpc) is 2.40. The molecule has 0 saturated heterocycles. The highest BCUT2D eigenvalue weighted by Gasteiger charge is 2.08. The molecule has 20 heavy (non-hydrogen) atoms. The third kappa shape index (κ3) is 4.20. The van der Waals surface area contributed by atoms with Gasteiger partial charge in [-0.2, -0.15) is 0 Å². The van der Waals surface area contributed by atoms with Crippen LogP contribution in [0.15, 0.2) is 42.5 Å². The number of hydrogen-bond acceptors (Lipinski definition) is 1. The van der Waals surface area contributed by atoms with E-state index in [0.717, 1.165) is 17.0 Å². The Kier molecular flexibility index (Phi) is 5.41. The second-order valence-corrected chi connectivity index (χ2v) is 5.66. The van der Waals surface area contributed by atoms with E-state index in [1.54, 1.807) is 12.1 Å². The summed E-state index contributed by atoms with van der Waals surface area (Å²) in [7, 11) is 0. The van der Waals surface area contributed by atoms with Gasteiger partial charge in [0.1, 0.15) is 5.82 Å². The van der Waals surface area contributed by atoms with Crippen molar-refractivity contribution in [2.75, 3.05) is 0 Å². The Morgan fingerprint density at radius 3 is 2.55 bits per heavy atom. The fourth-order valence-electron chi connectivity index (χ4n) is 2.02. The maximum atomic E-state index is 13.6. The van der Waals surface area contributed by atoms with E-state index in [1.165, 1.54) is 6.07 Å². The van der Waals surface area contributed by atoms with E-state index in [0.29, 0.717) is 17.1 Å². The smallest absolute Gasteiger partial charge is 0.129 e. The van der Waals surface area contributed by atoms with Crippen LogP contribution in [0.25, 0.3) is 0 Å². The first kappa shape index (κ1) is 15.3. The summed E-state index contributed by atoms with van der Waals surface area (Å²) in [5.41, 5.74) is 1.70. The molecule has 0 saturated carbocycles. The van der Waals surface area contributed by atoms with Gasteiger partial charge in [0.2, 0.25) is 0 Å². The van der Waals surface area contributed by atoms with Gasteiger partial charge in [0.05, 0.1) is 0 Å². The summed E-state index contributed by atoms with van der Waals surface area (Å²) in [6.45, 7) is 2.52. The van der Waals surface area contributed by atoms with E-state index < -0.39 is 0 Å². The molecule has 0 radical (unpaired) electrons. The van der Waals surface area contributed by atoms with Gasteiger partial charge in [-0.15, -0.1) is 0 Å². The topological polar surface area (TPSA) is 12.0 Å². The van der Waals surface area contributed by atoms with E-state index >= 15 is 0 Å². The fraction of sp³-hybridized carbons (Fsp3) is 0.250. The van der Waals surface area contributed by atoms with Crippen molar-refractivity contribution in [3.63, 3.8) is 0 Å². The van der Waals surface area contributed by atoms with Gasteiger partial charge >= 0.3 is 0 Å². The molecule has 106 valence electrons. The molecular weight excluding hydrogens is 296 g/mol. The Morgan fingerprint density at radius 2 is 1.85 bits per heavy atom. The third-order valence-electron chi connectivity index (χ3n) is 3.14. The van der Waals surface area contributed by atoms with Crippen molar-refractivity contribution in [2.45, 2.75) is 25.9 Å². The molecule has 0 aliphatic heterocycles. The molecule has 0 spiro atoms. The van der Waals surface area contributed by atoms with E-state index in [-0.39, 0.29) is 11.9 Å². The second-order valence-electron chi connectivity index (χ2n) is 4.81. The molecule has 0 bridgehead atoms. The standard InChI is InChI=1S/C16H16Cl2FN/c1-11(8-12-4-2-3-5-15(12)18)20-10-13-6-7-14(17)9-16(13)19/h2-7,9,11,20H,8,10H2,1H3. The monoisotopic (exact) mass is 311 g/mol. The van der Waals surface area contributed by atoms with Gasteiger partial charge < -0.3 is 5.32 Å². The molecule has 1 N–H and O–H groups in total. The summed E-state index contributed by atoms with van der Waals surface area (Å²) in [5.74, 6) is -0.282. The highest BCUT2D eigenvalue weighted by atomic mass is 35.5. The number of nitrogens with one attached hydrogen (secondary N) is 1. The van der Waals surface area contributed by atoms with Crippen LogP contribution in [0.1, 0.15) is 18.1 Å². The molecule has 1 nitrogen and oxygen atoms in total. The number of rotatable bonds is 5. The quantitative estimate of drug-likeness (QED) is 0.832. The lowest BCUT2D eigenvalue weighted by Gasteiger charge is -2.15. The Balaban J connectivity index is 1.92. The average molecular weight is 312 g/mol. The first-order valence-electron chi connectivity index (χ1n) is 6.47. The van der Waals surface area contributed by atoms with Crippen LogP contribution in [-0.2, 0) is 13.0 Å². The molecule has 0 fully saturated rings. The molecule has 2 aromatic rings. The maximum absolute atomic E-state index is 13.6. The number of hydrogen-bond donors (Lipinski definition) is 1. The first-order chi connectivity index (χ1) is 9.56. The zero-order chi connectivity index (χ0) is 14.5. The van der Waals surface area contributed by atoms with Crippen molar-refractivity contribution in [3.05, 3.63) is 69.5 Å². The molecule has 1 atom stereocenters. The normalized spacial score (nSPS) is 12.4. The molecule has 2 aromatic carbocycles. The molecule has 0 aliphatic rings. The largest absolute Gasteiger partial charge is 0.310 e. The molecular formula is C16H16Cl2FN. The zero-order valence-electron chi connectivity index (χ0n) is 11.2. The molecule has 0 aromatic heterocycles. The van der Waals surface area contributed by atoms with Crippen LogP contribution in [0.4, 0.5) is 4.39 Å². The van der Waals surface area contributed by atoms with Crippen molar-refractivity contribution in [2.24, 2.45) is 0 Å². The predicted molar refractivity (Wildman–Crippen MR) is 82.9 cm³/mol. The SMILES string of the molecule is CC(Cc1ccccc1Cl)NCc1ccc(Cl)cc1F. The molecule has 1 unspecified atom stereocenters. The summed E-state index contributed by atoms with van der Waals surface area (Å²) in [5, 5.41) is 4.47. The summed E-state index contributed by atoms with van der Waals surface area (Å²) < 4.78 is 13.6. The minimum atomic E-state index is -0.282. The van der Waals surface area contributed by atoms with Crippen LogP contribution < -0.4 is 5.32 Å². The van der Waals surface area contributed by atoms with E-state index in [2.05, 4.69) is 12.2 Å². The summed E-state index contributed by atoms with van der Waals surface area (Å²) in [6.07, 6.45) is 0.800. The lowest BCUT2D eigenvalue weighted by molar-refractivity contribution is 0.525. The van der Waals surface area contributed by atoms with Crippen LogP contribution in [0, 0.1) is 5.82 Å². The van der Waals surface area contributed by atoms with Crippen molar-refractivity contribution >= 4 is 23.2 Å². The lowest BCUT2D eigenvalue weighted by atomic mass is 10.1. The highest BCUT2D eigenvalue weighted by Crippen LogP contribution is 2.17. The van der Waals surface area contributed by atoms with Crippen molar-refractivity contribution in [1.29, 1.82) is 0 Å². The maximum Gasteiger partial charge on any atom is 0.129 e. The van der Waals surface area contributed by atoms with Crippen molar-refractivity contribution < 1.29 is 4.39 Å². The second kappa shape index (κ2) is 7.07. The lowest BCUT2D eigenvalue weighted by Crippen LogP contribution is -2.28. The van der Waals surface area contributed by atoms with E-state index in [4.69, 9.17) is 23.2 Å². The number of benzene rings is 2. The van der Waals surface area contributed by atoms with Crippen LogP contribution >= 0.6 is 23.2 Å². The minimum absolute atomic E-state index is 0.199. The Bertz CT molecular complexity index is 586. The Hall–Kier alpha value is -1.09.